The largest absolute Gasteiger partial charge is 0.303 e. The molecule has 0 radical (unpaired) electrons. The van der Waals surface area contributed by atoms with Crippen LogP contribution in [0.2, 0.25) is 0 Å². The number of rotatable bonds is 12. The highest BCUT2D eigenvalue weighted by atomic mass is 16.1. The van der Waals surface area contributed by atoms with Crippen LogP contribution < -0.4 is 0 Å². The minimum atomic E-state index is 0.214. The number of carbonyl (C=O) groups excluding carboxylic acids is 4. The Morgan fingerprint density at radius 2 is 1.00 bits per heavy atom. The SMILES string of the molecule is CC(=O)CCC(CC=O)C(C)C.CC(=O)CCC(CC=O)C(C)C. The normalized spacial score (nSPS) is 13.0. The van der Waals surface area contributed by atoms with Crippen molar-refractivity contribution in [2.45, 2.75) is 80.1 Å². The summed E-state index contributed by atoms with van der Waals surface area (Å²) in [5.74, 6) is 2.18. The van der Waals surface area contributed by atoms with Crippen molar-refractivity contribution in [2.24, 2.45) is 23.7 Å². The molecule has 0 spiro atoms. The van der Waals surface area contributed by atoms with Gasteiger partial charge < -0.3 is 19.2 Å². The fourth-order valence-corrected chi connectivity index (χ4v) is 2.47. The number of hydrogen-bond donors (Lipinski definition) is 0. The summed E-state index contributed by atoms with van der Waals surface area (Å²) in [6.45, 7) is 11.6. The molecule has 4 nitrogen and oxygen atoms in total. The molecule has 0 saturated heterocycles. The van der Waals surface area contributed by atoms with Gasteiger partial charge in [-0.1, -0.05) is 27.7 Å². The Kier molecular flexibility index (Phi) is 15.8. The van der Waals surface area contributed by atoms with Gasteiger partial charge in [-0.2, -0.15) is 0 Å². The van der Waals surface area contributed by atoms with E-state index in [1.807, 2.05) is 0 Å². The van der Waals surface area contributed by atoms with Gasteiger partial charge in [0.25, 0.3) is 0 Å². The zero-order chi connectivity index (χ0) is 19.1. The van der Waals surface area contributed by atoms with Gasteiger partial charge >= 0.3 is 0 Å². The Labute approximate surface area is 147 Å². The van der Waals surface area contributed by atoms with Crippen LogP contribution in [-0.4, -0.2) is 24.1 Å². The monoisotopic (exact) mass is 340 g/mol. The highest BCUT2D eigenvalue weighted by Crippen LogP contribution is 2.20. The molecule has 0 heterocycles. The van der Waals surface area contributed by atoms with E-state index in [9.17, 15) is 19.2 Å². The van der Waals surface area contributed by atoms with Crippen molar-refractivity contribution in [2.75, 3.05) is 0 Å². The van der Waals surface area contributed by atoms with Crippen molar-refractivity contribution >= 4 is 24.1 Å². The zero-order valence-corrected chi connectivity index (χ0v) is 16.3. The van der Waals surface area contributed by atoms with E-state index in [0.717, 1.165) is 25.4 Å². The quantitative estimate of drug-likeness (QED) is 0.493. The van der Waals surface area contributed by atoms with E-state index in [1.165, 1.54) is 0 Å². The van der Waals surface area contributed by atoms with Crippen LogP contribution in [0, 0.1) is 23.7 Å². The molecule has 0 fully saturated rings. The van der Waals surface area contributed by atoms with Gasteiger partial charge in [0.1, 0.15) is 24.1 Å². The molecule has 4 heteroatoms. The number of ketones is 2. The molecule has 0 aliphatic carbocycles. The summed E-state index contributed by atoms with van der Waals surface area (Å²) in [5.41, 5.74) is 0. The molecule has 140 valence electrons. The maximum absolute atomic E-state index is 10.7. The lowest BCUT2D eigenvalue weighted by molar-refractivity contribution is -0.118. The number of hydrogen-bond acceptors (Lipinski definition) is 4. The lowest BCUT2D eigenvalue weighted by atomic mass is 9.88. The molecule has 0 aromatic carbocycles. The van der Waals surface area contributed by atoms with Crippen molar-refractivity contribution in [3.8, 4) is 0 Å². The Balaban J connectivity index is 0. The van der Waals surface area contributed by atoms with E-state index in [4.69, 9.17) is 0 Å². The van der Waals surface area contributed by atoms with Crippen LogP contribution >= 0.6 is 0 Å². The molecule has 24 heavy (non-hydrogen) atoms. The summed E-state index contributed by atoms with van der Waals surface area (Å²) in [7, 11) is 0. The van der Waals surface area contributed by atoms with Gasteiger partial charge in [0.2, 0.25) is 0 Å². The average molecular weight is 341 g/mol. The van der Waals surface area contributed by atoms with Crippen molar-refractivity contribution in [1.82, 2.24) is 0 Å². The number of Topliss-reactive ketones (excluding diaryl/α,β-unsaturated/α-hetero) is 2. The fraction of sp³-hybridized carbons (Fsp3) is 0.800. The van der Waals surface area contributed by atoms with E-state index in [2.05, 4.69) is 27.7 Å². The molecule has 0 aromatic rings. The second-order valence-corrected chi connectivity index (χ2v) is 7.29. The molecular formula is C20H36O4. The molecule has 0 rings (SSSR count). The summed E-state index contributed by atoms with van der Waals surface area (Å²) >= 11 is 0. The molecule has 0 saturated carbocycles. The highest BCUT2D eigenvalue weighted by molar-refractivity contribution is 5.75. The minimum absolute atomic E-state index is 0.214. The van der Waals surface area contributed by atoms with Crippen LogP contribution in [0.1, 0.15) is 80.1 Å². The fourth-order valence-electron chi connectivity index (χ4n) is 2.47. The predicted octanol–water partition coefficient (Wildman–Crippen LogP) is 4.43. The van der Waals surface area contributed by atoms with Crippen molar-refractivity contribution in [1.29, 1.82) is 0 Å². The topological polar surface area (TPSA) is 68.3 Å². The van der Waals surface area contributed by atoms with Crippen LogP contribution in [0.25, 0.3) is 0 Å². The molecule has 0 aliphatic rings. The number of aldehydes is 2. The first-order valence-electron chi connectivity index (χ1n) is 9.01. The van der Waals surface area contributed by atoms with Gasteiger partial charge in [-0.15, -0.1) is 0 Å². The third-order valence-electron chi connectivity index (χ3n) is 4.42. The summed E-state index contributed by atoms with van der Waals surface area (Å²) in [5, 5.41) is 0. The Morgan fingerprint density at radius 1 is 0.708 bits per heavy atom. The average Bonchev–Trinajstić information content (AvgIpc) is 2.47. The standard InChI is InChI=1S/2C10H18O2/c2*1-8(2)10(6-7-11)5-4-9(3)12/h2*7-8,10H,4-6H2,1-3H3. The molecule has 0 aromatic heterocycles. The van der Waals surface area contributed by atoms with E-state index in [0.29, 0.717) is 49.4 Å². The second-order valence-electron chi connectivity index (χ2n) is 7.29. The summed E-state index contributed by atoms with van der Waals surface area (Å²) in [6, 6.07) is 0. The van der Waals surface area contributed by atoms with Crippen LogP contribution in [0.4, 0.5) is 0 Å². The van der Waals surface area contributed by atoms with Crippen LogP contribution in [0.5, 0.6) is 0 Å². The Hall–Kier alpha value is -1.32. The van der Waals surface area contributed by atoms with E-state index < -0.39 is 0 Å². The Bertz CT molecular complexity index is 336. The molecule has 0 bridgehead atoms. The molecule has 0 aliphatic heterocycles. The van der Waals surface area contributed by atoms with Crippen molar-refractivity contribution in [3.63, 3.8) is 0 Å². The first-order chi connectivity index (χ1) is 11.1. The van der Waals surface area contributed by atoms with Gasteiger partial charge in [0.15, 0.2) is 0 Å². The molecule has 2 atom stereocenters. The highest BCUT2D eigenvalue weighted by Gasteiger charge is 2.13. The second kappa shape index (κ2) is 15.2. The van der Waals surface area contributed by atoms with Crippen molar-refractivity contribution < 1.29 is 19.2 Å². The molecule has 2 unspecified atom stereocenters. The third-order valence-corrected chi connectivity index (χ3v) is 4.42. The van der Waals surface area contributed by atoms with Crippen LogP contribution in [0.15, 0.2) is 0 Å². The maximum Gasteiger partial charge on any atom is 0.129 e. The molecular weight excluding hydrogens is 304 g/mol. The number of carbonyl (C=O) groups is 4. The van der Waals surface area contributed by atoms with Gasteiger partial charge in [0, 0.05) is 25.7 Å². The van der Waals surface area contributed by atoms with Gasteiger partial charge in [-0.3, -0.25) is 0 Å². The first kappa shape index (κ1) is 24.9. The third kappa shape index (κ3) is 15.6. The smallest absolute Gasteiger partial charge is 0.129 e. The van der Waals surface area contributed by atoms with Gasteiger partial charge in [-0.05, 0) is 50.4 Å². The summed E-state index contributed by atoms with van der Waals surface area (Å²) in [6.07, 6.45) is 6.00. The van der Waals surface area contributed by atoms with Crippen LogP contribution in [0.3, 0.4) is 0 Å². The predicted molar refractivity (Wildman–Crippen MR) is 97.8 cm³/mol. The van der Waals surface area contributed by atoms with E-state index >= 15 is 0 Å². The lowest BCUT2D eigenvalue weighted by Gasteiger charge is -2.16. The minimum Gasteiger partial charge on any atom is -0.303 e. The van der Waals surface area contributed by atoms with Gasteiger partial charge in [-0.25, -0.2) is 0 Å². The van der Waals surface area contributed by atoms with E-state index in [1.54, 1.807) is 13.8 Å². The van der Waals surface area contributed by atoms with Gasteiger partial charge in [0.05, 0.1) is 0 Å². The van der Waals surface area contributed by atoms with Crippen LogP contribution in [-0.2, 0) is 19.2 Å². The van der Waals surface area contributed by atoms with E-state index in [-0.39, 0.29) is 11.6 Å². The maximum atomic E-state index is 10.7. The summed E-state index contributed by atoms with van der Waals surface area (Å²) < 4.78 is 0. The lowest BCUT2D eigenvalue weighted by Crippen LogP contribution is -2.10. The zero-order valence-electron chi connectivity index (χ0n) is 16.3. The van der Waals surface area contributed by atoms with Crippen molar-refractivity contribution in [3.05, 3.63) is 0 Å². The molecule has 0 N–H and O–H groups in total. The molecule has 0 amide bonds. The first-order valence-corrected chi connectivity index (χ1v) is 9.01. The Morgan fingerprint density at radius 3 is 1.17 bits per heavy atom. The summed E-state index contributed by atoms with van der Waals surface area (Å²) in [4.78, 5) is 41.9.